The molecular weight excluding hydrogens is 736 g/mol. The minimum absolute atomic E-state index is 0.0219. The summed E-state index contributed by atoms with van der Waals surface area (Å²) in [5.41, 5.74) is -2.35. The molecule has 1 saturated carbocycles. The molecule has 0 heterocycles. The second-order valence-corrected chi connectivity index (χ2v) is 15.8. The fraction of sp³-hybridized carbons (Fsp3) is 0.333. The van der Waals surface area contributed by atoms with Gasteiger partial charge >= 0.3 is 12.2 Å². The maximum Gasteiger partial charge on any atom is 0.424 e. The number of ether oxygens (including phenoxy) is 2. The second-order valence-electron chi connectivity index (χ2n) is 13.6. The SMILES string of the molecule is C=Cc1cc(C2C(C(=O)Nc3ccc(Cl)c(C(=O)Cc4ccc(F)c(N(C(=O)OC(C)(C)C)C(=O)OC(C)(C)C)c4F)c3)C2(Cl)Cl)ccc1Cl. The van der Waals surface area contributed by atoms with Gasteiger partial charge in [0, 0.05) is 28.6 Å². The number of benzene rings is 3. The first-order chi connectivity index (χ1) is 23.1. The van der Waals surface area contributed by atoms with Crippen LogP contribution in [0, 0.1) is 17.6 Å². The largest absolute Gasteiger partial charge is 0.443 e. The first kappa shape index (κ1) is 39.1. The summed E-state index contributed by atoms with van der Waals surface area (Å²) >= 11 is 25.5. The predicted molar refractivity (Wildman–Crippen MR) is 192 cm³/mol. The monoisotopic (exact) mass is 768 g/mol. The van der Waals surface area contributed by atoms with E-state index in [0.717, 1.165) is 12.1 Å². The summed E-state index contributed by atoms with van der Waals surface area (Å²) in [5, 5.41) is 3.14. The Morgan fingerprint density at radius 3 is 2.04 bits per heavy atom. The van der Waals surface area contributed by atoms with Crippen LogP contribution in [-0.4, -0.2) is 39.4 Å². The topological polar surface area (TPSA) is 102 Å². The molecule has 0 saturated heterocycles. The second kappa shape index (κ2) is 14.5. The van der Waals surface area contributed by atoms with Crippen molar-refractivity contribution in [3.8, 4) is 0 Å². The lowest BCUT2D eigenvalue weighted by Crippen LogP contribution is -2.44. The molecule has 0 radical (unpaired) electrons. The number of Topliss-reactive ketones (excluding diaryl/α,β-unsaturated/α-hetero) is 1. The molecule has 0 aromatic heterocycles. The van der Waals surface area contributed by atoms with Gasteiger partial charge in [0.05, 0.1) is 10.9 Å². The molecule has 266 valence electrons. The van der Waals surface area contributed by atoms with Gasteiger partial charge in [0.2, 0.25) is 5.91 Å². The molecule has 3 amide bonds. The van der Waals surface area contributed by atoms with Gasteiger partial charge in [0.25, 0.3) is 0 Å². The number of anilines is 2. The molecule has 1 aliphatic carbocycles. The van der Waals surface area contributed by atoms with Gasteiger partial charge in [-0.1, -0.05) is 48.0 Å². The number of imide groups is 1. The molecule has 1 aliphatic rings. The quantitative estimate of drug-likeness (QED) is 0.181. The fourth-order valence-electron chi connectivity index (χ4n) is 5.08. The van der Waals surface area contributed by atoms with E-state index in [0.29, 0.717) is 16.1 Å². The summed E-state index contributed by atoms with van der Waals surface area (Å²) in [6.45, 7) is 12.7. The van der Waals surface area contributed by atoms with Gasteiger partial charge in [0.15, 0.2) is 17.4 Å². The number of ketones is 1. The highest BCUT2D eigenvalue weighted by molar-refractivity contribution is 6.53. The molecule has 2 atom stereocenters. The highest BCUT2D eigenvalue weighted by atomic mass is 35.5. The van der Waals surface area contributed by atoms with Crippen molar-refractivity contribution in [2.45, 2.75) is 69.4 Å². The van der Waals surface area contributed by atoms with E-state index >= 15 is 8.78 Å². The Balaban J connectivity index is 1.60. The van der Waals surface area contributed by atoms with E-state index in [1.54, 1.807) is 24.3 Å². The number of carbonyl (C=O) groups excluding carboxylic acids is 4. The Labute approximate surface area is 308 Å². The number of carbonyl (C=O) groups is 4. The number of halogens is 6. The van der Waals surface area contributed by atoms with Gasteiger partial charge in [-0.05, 0) is 94.6 Å². The third-order valence-corrected chi connectivity index (χ3v) is 8.96. The Hall–Kier alpha value is -3.70. The zero-order valence-corrected chi connectivity index (χ0v) is 31.0. The summed E-state index contributed by atoms with van der Waals surface area (Å²) < 4.78 is 40.3. The fourth-order valence-corrected chi connectivity index (χ4v) is 6.33. The lowest BCUT2D eigenvalue weighted by atomic mass is 10.0. The van der Waals surface area contributed by atoms with Crippen LogP contribution in [0.5, 0.6) is 0 Å². The summed E-state index contributed by atoms with van der Waals surface area (Å²) in [7, 11) is 0. The molecule has 3 aromatic carbocycles. The van der Waals surface area contributed by atoms with Gasteiger partial charge in [-0.3, -0.25) is 9.59 Å². The first-order valence-electron chi connectivity index (χ1n) is 15.2. The van der Waals surface area contributed by atoms with Crippen LogP contribution in [0.1, 0.15) is 74.5 Å². The normalized spacial score (nSPS) is 16.6. The average Bonchev–Trinajstić information content (AvgIpc) is 3.57. The Morgan fingerprint density at radius 2 is 1.48 bits per heavy atom. The van der Waals surface area contributed by atoms with E-state index in [1.165, 1.54) is 59.7 Å². The van der Waals surface area contributed by atoms with E-state index in [2.05, 4.69) is 11.9 Å². The standard InChI is InChI=1S/C36H34Cl4F2N2O6/c1-8-18-15-19(9-12-23(18)37)27-28(36(27,39)40)31(46)43-21-11-13-24(38)22(17-21)26(45)16-20-10-14-25(41)30(29(20)42)44(32(47)49-34(2,3)4)33(48)50-35(5,6)7/h8-15,17,27-28H,1,16H2,2-7H3,(H,43,46). The van der Waals surface area contributed by atoms with Crippen LogP contribution in [0.2, 0.25) is 10.0 Å². The number of alkyl halides is 2. The predicted octanol–water partition coefficient (Wildman–Crippen LogP) is 10.5. The minimum Gasteiger partial charge on any atom is -0.443 e. The lowest BCUT2D eigenvalue weighted by Gasteiger charge is -2.29. The maximum atomic E-state index is 16.0. The Bertz CT molecular complexity index is 1860. The van der Waals surface area contributed by atoms with Crippen molar-refractivity contribution in [3.63, 3.8) is 0 Å². The molecule has 1 fully saturated rings. The van der Waals surface area contributed by atoms with Gasteiger partial charge in [-0.15, -0.1) is 23.2 Å². The van der Waals surface area contributed by atoms with Crippen LogP contribution in [-0.2, 0) is 20.7 Å². The van der Waals surface area contributed by atoms with E-state index in [1.807, 2.05) is 0 Å². The number of nitrogens with zero attached hydrogens (tertiary/aromatic N) is 1. The van der Waals surface area contributed by atoms with Crippen molar-refractivity contribution in [2.24, 2.45) is 5.92 Å². The molecule has 4 rings (SSSR count). The highest BCUT2D eigenvalue weighted by Crippen LogP contribution is 2.65. The lowest BCUT2D eigenvalue weighted by molar-refractivity contribution is -0.117. The van der Waals surface area contributed by atoms with Crippen molar-refractivity contribution in [3.05, 3.63) is 99.0 Å². The van der Waals surface area contributed by atoms with E-state index in [-0.39, 0.29) is 26.7 Å². The van der Waals surface area contributed by atoms with Gasteiger partial charge in [0.1, 0.15) is 21.2 Å². The van der Waals surface area contributed by atoms with E-state index < -0.39 is 75.0 Å². The zero-order valence-electron chi connectivity index (χ0n) is 27.9. The third kappa shape index (κ3) is 8.77. The van der Waals surface area contributed by atoms with Gasteiger partial charge in [-0.25, -0.2) is 18.4 Å². The minimum atomic E-state index is -1.42. The molecule has 3 aromatic rings. The van der Waals surface area contributed by atoms with Crippen LogP contribution in [0.3, 0.4) is 0 Å². The number of nitrogens with one attached hydrogen (secondary N) is 1. The van der Waals surface area contributed by atoms with Crippen molar-refractivity contribution in [1.82, 2.24) is 0 Å². The Morgan fingerprint density at radius 1 is 0.900 bits per heavy atom. The van der Waals surface area contributed by atoms with Crippen molar-refractivity contribution in [2.75, 3.05) is 10.2 Å². The average molecular weight is 770 g/mol. The first-order valence-corrected chi connectivity index (χ1v) is 16.7. The molecule has 0 bridgehead atoms. The number of rotatable bonds is 8. The summed E-state index contributed by atoms with van der Waals surface area (Å²) in [4.78, 5) is 53.1. The van der Waals surface area contributed by atoms with Crippen molar-refractivity contribution in [1.29, 1.82) is 0 Å². The number of amides is 3. The summed E-state index contributed by atoms with van der Waals surface area (Å²) in [5.74, 6) is -5.34. The van der Waals surface area contributed by atoms with E-state index in [9.17, 15) is 19.2 Å². The smallest absolute Gasteiger partial charge is 0.424 e. The molecular formula is C36H34Cl4F2N2O6. The molecule has 1 N–H and O–H groups in total. The third-order valence-electron chi connectivity index (χ3n) is 7.34. The molecule has 8 nitrogen and oxygen atoms in total. The molecule has 2 unspecified atom stereocenters. The molecule has 0 aliphatic heterocycles. The summed E-state index contributed by atoms with van der Waals surface area (Å²) in [6, 6.07) is 11.0. The summed E-state index contributed by atoms with van der Waals surface area (Å²) in [6.07, 6.45) is -1.90. The number of hydrogen-bond donors (Lipinski definition) is 1. The van der Waals surface area contributed by atoms with Crippen LogP contribution in [0.15, 0.2) is 55.1 Å². The highest BCUT2D eigenvalue weighted by Gasteiger charge is 2.67. The Kier molecular flexibility index (Phi) is 11.3. The molecule has 50 heavy (non-hydrogen) atoms. The molecule has 14 heteroatoms. The zero-order chi connectivity index (χ0) is 37.5. The number of hydrogen-bond acceptors (Lipinski definition) is 6. The maximum absolute atomic E-state index is 16.0. The van der Waals surface area contributed by atoms with Crippen LogP contribution >= 0.6 is 46.4 Å². The van der Waals surface area contributed by atoms with Crippen LogP contribution < -0.4 is 10.2 Å². The van der Waals surface area contributed by atoms with Gasteiger partial charge in [-0.2, -0.15) is 4.90 Å². The van der Waals surface area contributed by atoms with Crippen molar-refractivity contribution >= 4 is 87.7 Å². The van der Waals surface area contributed by atoms with Crippen LogP contribution in [0.25, 0.3) is 6.08 Å². The molecule has 0 spiro atoms. The van der Waals surface area contributed by atoms with E-state index in [4.69, 9.17) is 55.9 Å². The van der Waals surface area contributed by atoms with Crippen LogP contribution in [0.4, 0.5) is 29.7 Å². The van der Waals surface area contributed by atoms with Gasteiger partial charge < -0.3 is 14.8 Å². The van der Waals surface area contributed by atoms with Crippen molar-refractivity contribution < 1.29 is 37.4 Å².